The molecule has 0 atom stereocenters. The zero-order valence-electron chi connectivity index (χ0n) is 4.29. The Balaban J connectivity index is 3.17. The fraction of sp³-hybridized carbons (Fsp3) is 0.800. The van der Waals surface area contributed by atoms with Crippen LogP contribution in [0.4, 0.5) is 0 Å². The molecule has 0 aliphatic carbocycles. The Morgan fingerprint density at radius 1 is 1.67 bits per heavy atom. The summed E-state index contributed by atoms with van der Waals surface area (Å²) in [6.45, 7) is 8.01. The van der Waals surface area contributed by atoms with E-state index in [0.717, 1.165) is 5.33 Å². The number of rotatable bonds is 1. The fourth-order valence-corrected chi connectivity index (χ4v) is 0. The van der Waals surface area contributed by atoms with E-state index in [1.807, 2.05) is 0 Å². The number of halogens is 1. The number of hydrogen-bond donors (Lipinski definition) is 0. The van der Waals surface area contributed by atoms with Gasteiger partial charge in [-0.3, -0.25) is 0 Å². The van der Waals surface area contributed by atoms with Gasteiger partial charge in [0.25, 0.3) is 0 Å². The van der Waals surface area contributed by atoms with Crippen LogP contribution in [0, 0.1) is 12.3 Å². The van der Waals surface area contributed by atoms with Crippen LogP contribution >= 0.6 is 15.9 Å². The van der Waals surface area contributed by atoms with Gasteiger partial charge < -0.3 is 0 Å². The smallest absolute Gasteiger partial charge is 0.00826 e. The van der Waals surface area contributed by atoms with E-state index in [2.05, 4.69) is 36.7 Å². The van der Waals surface area contributed by atoms with Gasteiger partial charge in [-0.05, 0) is 12.3 Å². The van der Waals surface area contributed by atoms with E-state index in [0.29, 0.717) is 0 Å². The Hall–Kier alpha value is 0.480. The van der Waals surface area contributed by atoms with E-state index in [1.54, 1.807) is 0 Å². The largest absolute Gasteiger partial charge is 0.0922 e. The van der Waals surface area contributed by atoms with Gasteiger partial charge in [-0.25, -0.2) is 0 Å². The maximum absolute atomic E-state index is 3.84. The molecule has 0 spiro atoms. The van der Waals surface area contributed by atoms with Gasteiger partial charge in [-0.2, -0.15) is 0 Å². The second kappa shape index (κ2) is 1.97. The van der Waals surface area contributed by atoms with Crippen molar-refractivity contribution in [3.05, 3.63) is 6.92 Å². The molecular formula is C5H10Br. The summed E-state index contributed by atoms with van der Waals surface area (Å²) >= 11 is 3.31. The first-order valence-electron chi connectivity index (χ1n) is 1.97. The molecule has 0 heterocycles. The summed E-state index contributed by atoms with van der Waals surface area (Å²) in [5, 5.41) is 0.972. The van der Waals surface area contributed by atoms with E-state index >= 15 is 0 Å². The van der Waals surface area contributed by atoms with Crippen LogP contribution < -0.4 is 0 Å². The molecule has 0 unspecified atom stereocenters. The maximum atomic E-state index is 3.84. The van der Waals surface area contributed by atoms with Gasteiger partial charge in [0, 0.05) is 5.33 Å². The Kier molecular flexibility index (Phi) is 2.12. The average molecular weight is 150 g/mol. The third-order valence-corrected chi connectivity index (χ3v) is 1.88. The molecule has 37 valence electrons. The van der Waals surface area contributed by atoms with Crippen molar-refractivity contribution in [2.24, 2.45) is 5.41 Å². The first kappa shape index (κ1) is 6.48. The van der Waals surface area contributed by atoms with Crippen LogP contribution in [0.5, 0.6) is 0 Å². The quantitative estimate of drug-likeness (QED) is 0.503. The molecule has 0 rings (SSSR count). The van der Waals surface area contributed by atoms with Gasteiger partial charge in [0.1, 0.15) is 0 Å². The molecule has 0 aromatic rings. The van der Waals surface area contributed by atoms with Gasteiger partial charge in [-0.15, -0.1) is 0 Å². The standard InChI is InChI=1S/C5H10Br/c1-5(2,3)4-6/h1,4H2,2-3H3. The summed E-state index contributed by atoms with van der Waals surface area (Å²) in [5.74, 6) is 0. The highest BCUT2D eigenvalue weighted by Gasteiger charge is 2.04. The van der Waals surface area contributed by atoms with Gasteiger partial charge in [0.15, 0.2) is 0 Å². The van der Waals surface area contributed by atoms with Crippen LogP contribution in [-0.2, 0) is 0 Å². The lowest BCUT2D eigenvalue weighted by molar-refractivity contribution is 0.555. The minimum absolute atomic E-state index is 0.208. The molecule has 6 heavy (non-hydrogen) atoms. The van der Waals surface area contributed by atoms with E-state index in [9.17, 15) is 0 Å². The van der Waals surface area contributed by atoms with Crippen LogP contribution in [0.15, 0.2) is 0 Å². The maximum Gasteiger partial charge on any atom is 0.00826 e. The molecule has 0 fully saturated rings. The second-order valence-electron chi connectivity index (χ2n) is 2.30. The Morgan fingerprint density at radius 3 is 1.83 bits per heavy atom. The molecule has 0 nitrogen and oxygen atoms in total. The van der Waals surface area contributed by atoms with Gasteiger partial charge in [0.05, 0.1) is 0 Å². The van der Waals surface area contributed by atoms with E-state index in [-0.39, 0.29) is 5.41 Å². The fourth-order valence-electron chi connectivity index (χ4n) is 0. The molecule has 0 aliphatic heterocycles. The molecule has 0 N–H and O–H groups in total. The Morgan fingerprint density at radius 2 is 1.83 bits per heavy atom. The van der Waals surface area contributed by atoms with Crippen molar-refractivity contribution in [3.63, 3.8) is 0 Å². The summed E-state index contributed by atoms with van der Waals surface area (Å²) in [6, 6.07) is 0. The lowest BCUT2D eigenvalue weighted by Crippen LogP contribution is -2.05. The van der Waals surface area contributed by atoms with Gasteiger partial charge in [-0.1, -0.05) is 29.8 Å². The summed E-state index contributed by atoms with van der Waals surface area (Å²) in [5.41, 5.74) is 0.208. The number of alkyl halides is 1. The normalized spacial score (nSPS) is 12.0. The van der Waals surface area contributed by atoms with Crippen LogP contribution in [-0.4, -0.2) is 5.33 Å². The topological polar surface area (TPSA) is 0 Å². The molecule has 0 bridgehead atoms. The predicted octanol–water partition coefficient (Wildman–Crippen LogP) is 2.24. The van der Waals surface area contributed by atoms with Gasteiger partial charge in [0.2, 0.25) is 0 Å². The molecule has 1 heteroatoms. The van der Waals surface area contributed by atoms with Crippen LogP contribution in [0.25, 0.3) is 0 Å². The Labute approximate surface area is 48.1 Å². The molecule has 0 saturated heterocycles. The van der Waals surface area contributed by atoms with Crippen LogP contribution in [0.3, 0.4) is 0 Å². The molecule has 0 saturated carbocycles. The van der Waals surface area contributed by atoms with Crippen molar-refractivity contribution in [1.29, 1.82) is 0 Å². The van der Waals surface area contributed by atoms with E-state index < -0.39 is 0 Å². The summed E-state index contributed by atoms with van der Waals surface area (Å²) < 4.78 is 0. The molecule has 0 aromatic carbocycles. The van der Waals surface area contributed by atoms with E-state index in [1.165, 1.54) is 0 Å². The van der Waals surface area contributed by atoms with Crippen molar-refractivity contribution in [1.82, 2.24) is 0 Å². The molecular weight excluding hydrogens is 140 g/mol. The average Bonchev–Trinajstić information content (AvgIpc) is 1.35. The molecule has 0 amide bonds. The molecule has 1 radical (unpaired) electrons. The van der Waals surface area contributed by atoms with E-state index in [4.69, 9.17) is 0 Å². The Bertz CT molecular complexity index is 33.7. The first-order chi connectivity index (χ1) is 2.56. The zero-order chi connectivity index (χ0) is 5.21. The third kappa shape index (κ3) is 4.48. The third-order valence-electron chi connectivity index (χ3n) is 0.362. The zero-order valence-corrected chi connectivity index (χ0v) is 5.88. The SMILES string of the molecule is [CH2]C(C)(C)CBr. The minimum atomic E-state index is 0.208. The predicted molar refractivity (Wildman–Crippen MR) is 32.9 cm³/mol. The van der Waals surface area contributed by atoms with Crippen molar-refractivity contribution in [2.75, 3.05) is 5.33 Å². The number of hydrogen-bond acceptors (Lipinski definition) is 0. The van der Waals surface area contributed by atoms with Crippen molar-refractivity contribution in [3.8, 4) is 0 Å². The molecule has 0 aliphatic rings. The second-order valence-corrected chi connectivity index (χ2v) is 2.86. The highest BCUT2D eigenvalue weighted by molar-refractivity contribution is 9.09. The summed E-state index contributed by atoms with van der Waals surface area (Å²) in [4.78, 5) is 0. The lowest BCUT2D eigenvalue weighted by Gasteiger charge is -2.10. The lowest BCUT2D eigenvalue weighted by atomic mass is 10.0. The van der Waals surface area contributed by atoms with Crippen LogP contribution in [0.2, 0.25) is 0 Å². The van der Waals surface area contributed by atoms with Crippen molar-refractivity contribution < 1.29 is 0 Å². The van der Waals surface area contributed by atoms with Gasteiger partial charge >= 0.3 is 0 Å². The van der Waals surface area contributed by atoms with Crippen molar-refractivity contribution >= 4 is 15.9 Å². The highest BCUT2D eigenvalue weighted by Crippen LogP contribution is 2.14. The molecule has 0 aromatic heterocycles. The summed E-state index contributed by atoms with van der Waals surface area (Å²) in [6.07, 6.45) is 0. The summed E-state index contributed by atoms with van der Waals surface area (Å²) in [7, 11) is 0. The van der Waals surface area contributed by atoms with Crippen molar-refractivity contribution in [2.45, 2.75) is 13.8 Å². The highest BCUT2D eigenvalue weighted by atomic mass is 79.9. The first-order valence-corrected chi connectivity index (χ1v) is 3.10. The van der Waals surface area contributed by atoms with Crippen LogP contribution in [0.1, 0.15) is 13.8 Å². The monoisotopic (exact) mass is 149 g/mol. The minimum Gasteiger partial charge on any atom is -0.0922 e.